The van der Waals surface area contributed by atoms with Crippen LogP contribution in [-0.4, -0.2) is 51.6 Å². The average molecular weight is 476 g/mol. The van der Waals surface area contributed by atoms with Gasteiger partial charge in [-0.15, -0.1) is 0 Å². The Hall–Kier alpha value is -4.60. The predicted molar refractivity (Wildman–Crippen MR) is 131 cm³/mol. The van der Waals surface area contributed by atoms with Crippen LogP contribution < -0.4 is 16.0 Å². The molecule has 0 bridgehead atoms. The molecule has 2 aromatic carbocycles. The maximum absolute atomic E-state index is 12.6. The van der Waals surface area contributed by atoms with Gasteiger partial charge in [0, 0.05) is 23.5 Å². The Morgan fingerprint density at radius 2 is 1.83 bits per heavy atom. The Labute approximate surface area is 199 Å². The van der Waals surface area contributed by atoms with Gasteiger partial charge in [0.2, 0.25) is 5.88 Å². The van der Waals surface area contributed by atoms with Crippen molar-refractivity contribution in [2.45, 2.75) is 19.4 Å². The highest BCUT2D eigenvalue weighted by atomic mass is 16.5. The van der Waals surface area contributed by atoms with Gasteiger partial charge in [0.05, 0.1) is 25.6 Å². The minimum absolute atomic E-state index is 0.0706. The molecule has 0 aliphatic rings. The first-order valence-electron chi connectivity index (χ1n) is 10.7. The molecule has 10 heteroatoms. The molecular formula is C25H24N4O6. The molecule has 0 amide bonds. The van der Waals surface area contributed by atoms with Gasteiger partial charge in [-0.2, -0.15) is 0 Å². The number of hydrogen-bond donors (Lipinski definition) is 3. The topological polar surface area (TPSA) is 139 Å². The second kappa shape index (κ2) is 9.72. The third-order valence-electron chi connectivity index (χ3n) is 5.69. The van der Waals surface area contributed by atoms with E-state index in [9.17, 15) is 19.5 Å². The summed E-state index contributed by atoms with van der Waals surface area (Å²) < 4.78 is 11.0. The molecule has 35 heavy (non-hydrogen) atoms. The Morgan fingerprint density at radius 3 is 2.51 bits per heavy atom. The molecule has 0 radical (unpaired) electrons. The lowest BCUT2D eigenvalue weighted by atomic mass is 10.0. The standard InChI is InChI=1S/C25H24N4O6/c1-14(27-20(24(32)35-3)12-15-13-26-19-7-5-4-6-18(15)19)21-22(30)28-25(33)29(23(21)31)16-8-10-17(34-2)11-9-16/h4-11,13,20,26,31H,12H2,1-3H3,(H,28,30,33)/t20-/m1/s1. The average Bonchev–Trinajstić information content (AvgIpc) is 3.26. The second-order valence-electron chi connectivity index (χ2n) is 7.81. The molecule has 180 valence electrons. The van der Waals surface area contributed by atoms with Crippen LogP contribution in [0.2, 0.25) is 0 Å². The van der Waals surface area contributed by atoms with Crippen molar-refractivity contribution in [2.24, 2.45) is 4.99 Å². The first-order chi connectivity index (χ1) is 16.8. The van der Waals surface area contributed by atoms with Crippen LogP contribution in [0.1, 0.15) is 18.1 Å². The summed E-state index contributed by atoms with van der Waals surface area (Å²) in [6, 6.07) is 13.0. The van der Waals surface area contributed by atoms with E-state index in [4.69, 9.17) is 9.47 Å². The molecule has 2 heterocycles. The van der Waals surface area contributed by atoms with Crippen molar-refractivity contribution in [1.29, 1.82) is 0 Å². The molecule has 10 nitrogen and oxygen atoms in total. The number of ether oxygens (including phenoxy) is 2. The molecule has 0 aliphatic heterocycles. The fourth-order valence-corrected chi connectivity index (χ4v) is 3.95. The Morgan fingerprint density at radius 1 is 1.11 bits per heavy atom. The van der Waals surface area contributed by atoms with Gasteiger partial charge in [0.1, 0.15) is 11.3 Å². The minimum Gasteiger partial charge on any atom is -0.497 e. The highest BCUT2D eigenvalue weighted by Crippen LogP contribution is 2.22. The molecule has 0 aliphatic carbocycles. The smallest absolute Gasteiger partial charge is 0.335 e. The van der Waals surface area contributed by atoms with Gasteiger partial charge in [-0.25, -0.2) is 14.2 Å². The number of aliphatic imine (C=N–C) groups is 1. The van der Waals surface area contributed by atoms with E-state index >= 15 is 0 Å². The van der Waals surface area contributed by atoms with Crippen molar-refractivity contribution in [3.63, 3.8) is 0 Å². The third-order valence-corrected chi connectivity index (χ3v) is 5.69. The number of rotatable bonds is 7. The van der Waals surface area contributed by atoms with Crippen LogP contribution in [0.25, 0.3) is 16.6 Å². The summed E-state index contributed by atoms with van der Waals surface area (Å²) in [5, 5.41) is 11.9. The van der Waals surface area contributed by atoms with E-state index in [2.05, 4.69) is 15.0 Å². The number of benzene rings is 2. The Bertz CT molecular complexity index is 1530. The van der Waals surface area contributed by atoms with Gasteiger partial charge in [-0.1, -0.05) is 18.2 Å². The number of methoxy groups -OCH3 is 2. The number of para-hydroxylation sites is 1. The molecule has 0 unspecified atom stereocenters. The van der Waals surface area contributed by atoms with Crippen molar-refractivity contribution in [2.75, 3.05) is 14.2 Å². The number of esters is 1. The third kappa shape index (κ3) is 4.58. The maximum Gasteiger partial charge on any atom is 0.335 e. The largest absolute Gasteiger partial charge is 0.497 e. The van der Waals surface area contributed by atoms with E-state index < -0.39 is 29.1 Å². The summed E-state index contributed by atoms with van der Waals surface area (Å²) >= 11 is 0. The SMILES string of the molecule is COC(=O)[C@@H](Cc1c[nH]c2ccccc12)N=C(C)c1c(O)n(-c2ccc(OC)cc2)c(=O)[nH]c1=O. The van der Waals surface area contributed by atoms with Crippen molar-refractivity contribution < 1.29 is 19.4 Å². The predicted octanol–water partition coefficient (Wildman–Crippen LogP) is 2.31. The molecule has 0 fully saturated rings. The number of nitrogens with one attached hydrogen (secondary N) is 2. The summed E-state index contributed by atoms with van der Waals surface area (Å²) in [6.45, 7) is 1.48. The highest BCUT2D eigenvalue weighted by molar-refractivity contribution is 6.01. The fourth-order valence-electron chi connectivity index (χ4n) is 3.95. The minimum atomic E-state index is -0.987. The monoisotopic (exact) mass is 476 g/mol. The van der Waals surface area contributed by atoms with Gasteiger partial charge in [0.25, 0.3) is 5.56 Å². The van der Waals surface area contributed by atoms with Gasteiger partial charge >= 0.3 is 11.7 Å². The van der Waals surface area contributed by atoms with E-state index in [1.165, 1.54) is 21.1 Å². The number of carbonyl (C=O) groups excluding carboxylic acids is 1. The van der Waals surface area contributed by atoms with Crippen LogP contribution in [0, 0.1) is 0 Å². The molecule has 4 rings (SSSR count). The lowest BCUT2D eigenvalue weighted by Gasteiger charge is -2.14. The number of aromatic amines is 2. The molecule has 3 N–H and O–H groups in total. The quantitative estimate of drug-likeness (QED) is 0.276. The van der Waals surface area contributed by atoms with Crippen LogP contribution >= 0.6 is 0 Å². The highest BCUT2D eigenvalue weighted by Gasteiger charge is 2.24. The molecular weight excluding hydrogens is 452 g/mol. The van der Waals surface area contributed by atoms with Crippen LogP contribution in [0.15, 0.2) is 69.3 Å². The van der Waals surface area contributed by atoms with E-state index in [1.54, 1.807) is 30.5 Å². The number of aromatic hydroxyl groups is 1. The lowest BCUT2D eigenvalue weighted by Crippen LogP contribution is -2.33. The number of nitrogens with zero attached hydrogens (tertiary/aromatic N) is 2. The zero-order valence-corrected chi connectivity index (χ0v) is 19.4. The number of H-pyrrole nitrogens is 2. The van der Waals surface area contributed by atoms with E-state index in [0.29, 0.717) is 11.4 Å². The van der Waals surface area contributed by atoms with Crippen LogP contribution in [0.5, 0.6) is 11.6 Å². The van der Waals surface area contributed by atoms with E-state index in [0.717, 1.165) is 21.0 Å². The molecule has 1 atom stereocenters. The van der Waals surface area contributed by atoms with Gasteiger partial charge in [-0.05, 0) is 42.8 Å². The fraction of sp³-hybridized carbons (Fsp3) is 0.200. The Kier molecular flexibility index (Phi) is 6.54. The molecule has 0 saturated carbocycles. The molecule has 4 aromatic rings. The molecule has 0 spiro atoms. The molecule has 2 aromatic heterocycles. The van der Waals surface area contributed by atoms with Crippen molar-refractivity contribution in [3.05, 3.63) is 86.7 Å². The first kappa shape index (κ1) is 23.6. The Balaban J connectivity index is 1.77. The zero-order valence-electron chi connectivity index (χ0n) is 19.4. The first-order valence-corrected chi connectivity index (χ1v) is 10.7. The molecule has 0 saturated heterocycles. The second-order valence-corrected chi connectivity index (χ2v) is 7.81. The van der Waals surface area contributed by atoms with Gasteiger partial charge in [-0.3, -0.25) is 14.8 Å². The summed E-state index contributed by atoms with van der Waals surface area (Å²) in [7, 11) is 2.76. The summed E-state index contributed by atoms with van der Waals surface area (Å²) in [5.74, 6) is -0.642. The summed E-state index contributed by atoms with van der Waals surface area (Å²) in [4.78, 5) is 47.5. The van der Waals surface area contributed by atoms with E-state index in [1.807, 2.05) is 24.3 Å². The van der Waals surface area contributed by atoms with Crippen LogP contribution in [-0.2, 0) is 16.0 Å². The van der Waals surface area contributed by atoms with Gasteiger partial charge in [0.15, 0.2) is 6.04 Å². The van der Waals surface area contributed by atoms with Crippen LogP contribution in [0.4, 0.5) is 0 Å². The maximum atomic E-state index is 12.6. The van der Waals surface area contributed by atoms with Gasteiger partial charge < -0.3 is 19.6 Å². The normalized spacial score (nSPS) is 12.5. The van der Waals surface area contributed by atoms with Crippen molar-refractivity contribution >= 4 is 22.6 Å². The number of hydrogen-bond acceptors (Lipinski definition) is 7. The zero-order chi connectivity index (χ0) is 25.1. The van der Waals surface area contributed by atoms with Crippen molar-refractivity contribution in [3.8, 4) is 17.3 Å². The summed E-state index contributed by atoms with van der Waals surface area (Å²) in [5.41, 5.74) is 0.254. The van der Waals surface area contributed by atoms with E-state index in [-0.39, 0.29) is 17.7 Å². The lowest BCUT2D eigenvalue weighted by molar-refractivity contribution is -0.142. The van der Waals surface area contributed by atoms with Crippen LogP contribution in [0.3, 0.4) is 0 Å². The number of carbonyl (C=O) groups is 1. The number of aromatic nitrogens is 3. The van der Waals surface area contributed by atoms with Crippen molar-refractivity contribution in [1.82, 2.24) is 14.5 Å². The summed E-state index contributed by atoms with van der Waals surface area (Å²) in [6.07, 6.45) is 1.99. The number of fused-ring (bicyclic) bond motifs is 1.